The Morgan fingerprint density at radius 3 is 2.59 bits per heavy atom. The molecule has 1 rings (SSSR count). The second-order valence-electron chi connectivity index (χ2n) is 3.70. The number of hydrogen-bond acceptors (Lipinski definition) is 1. The zero-order valence-corrected chi connectivity index (χ0v) is 9.72. The molecule has 0 bridgehead atoms. The van der Waals surface area contributed by atoms with Crippen molar-refractivity contribution in [2.24, 2.45) is 0 Å². The lowest BCUT2D eigenvalue weighted by molar-refractivity contribution is -0.137. The van der Waals surface area contributed by atoms with Crippen molar-refractivity contribution in [2.45, 2.75) is 25.1 Å². The number of alkyl halides is 3. The highest BCUT2D eigenvalue weighted by atomic mass is 35.5. The molecule has 0 amide bonds. The predicted octanol–water partition coefficient (Wildman–Crippen LogP) is 3.75. The zero-order chi connectivity index (χ0) is 13.1. The lowest BCUT2D eigenvalue weighted by atomic mass is 10.0. The standard InChI is InChI=1S/C12H12ClF3O/c1-8(13)11(17)6-5-9-3-2-4-10(7-9)12(14,15)16/h2-4,7,11,17H,1,5-6H2. The number of benzene rings is 1. The van der Waals surface area contributed by atoms with Crippen molar-refractivity contribution in [3.8, 4) is 0 Å². The van der Waals surface area contributed by atoms with Crippen molar-refractivity contribution < 1.29 is 18.3 Å². The Morgan fingerprint density at radius 1 is 1.41 bits per heavy atom. The Hall–Kier alpha value is -1.00. The Labute approximate surface area is 103 Å². The predicted molar refractivity (Wildman–Crippen MR) is 60.8 cm³/mol. The van der Waals surface area contributed by atoms with E-state index in [1.807, 2.05) is 0 Å². The van der Waals surface area contributed by atoms with E-state index in [0.717, 1.165) is 12.1 Å². The van der Waals surface area contributed by atoms with Crippen LogP contribution in [0.1, 0.15) is 17.5 Å². The summed E-state index contributed by atoms with van der Waals surface area (Å²) in [5.41, 5.74) is -0.175. The first-order chi connectivity index (χ1) is 7.80. The number of aryl methyl sites for hydroxylation is 1. The van der Waals surface area contributed by atoms with E-state index in [1.165, 1.54) is 6.07 Å². The van der Waals surface area contributed by atoms with Crippen LogP contribution in [0.5, 0.6) is 0 Å². The topological polar surface area (TPSA) is 20.2 Å². The summed E-state index contributed by atoms with van der Waals surface area (Å²) in [4.78, 5) is 0. The van der Waals surface area contributed by atoms with Crippen molar-refractivity contribution in [1.82, 2.24) is 0 Å². The summed E-state index contributed by atoms with van der Waals surface area (Å²) in [5.74, 6) is 0. The van der Waals surface area contributed by atoms with E-state index < -0.39 is 17.8 Å². The van der Waals surface area contributed by atoms with Gasteiger partial charge in [0.25, 0.3) is 0 Å². The van der Waals surface area contributed by atoms with Crippen LogP contribution in [0.4, 0.5) is 13.2 Å². The number of hydrogen-bond donors (Lipinski definition) is 1. The van der Waals surface area contributed by atoms with Gasteiger partial charge in [0.1, 0.15) is 0 Å². The summed E-state index contributed by atoms with van der Waals surface area (Å²) >= 11 is 5.47. The van der Waals surface area contributed by atoms with Crippen LogP contribution < -0.4 is 0 Å². The van der Waals surface area contributed by atoms with E-state index in [-0.39, 0.29) is 11.5 Å². The number of aliphatic hydroxyl groups excluding tert-OH is 1. The third kappa shape index (κ3) is 4.40. The molecule has 1 N–H and O–H groups in total. The van der Waals surface area contributed by atoms with Gasteiger partial charge in [-0.05, 0) is 24.5 Å². The lowest BCUT2D eigenvalue weighted by Gasteiger charge is -2.10. The first-order valence-electron chi connectivity index (χ1n) is 4.99. The van der Waals surface area contributed by atoms with Crippen LogP contribution in [0.15, 0.2) is 35.9 Å². The smallest absolute Gasteiger partial charge is 0.388 e. The fourth-order valence-corrected chi connectivity index (χ4v) is 1.47. The highest BCUT2D eigenvalue weighted by molar-refractivity contribution is 6.29. The van der Waals surface area contributed by atoms with E-state index in [0.29, 0.717) is 12.0 Å². The first kappa shape index (κ1) is 14.1. The second-order valence-corrected chi connectivity index (χ2v) is 4.18. The van der Waals surface area contributed by atoms with Gasteiger partial charge in [0.2, 0.25) is 0 Å². The third-order valence-corrected chi connectivity index (χ3v) is 2.57. The van der Waals surface area contributed by atoms with Crippen LogP contribution in [0.3, 0.4) is 0 Å². The van der Waals surface area contributed by atoms with Gasteiger partial charge in [-0.15, -0.1) is 0 Å². The second kappa shape index (κ2) is 5.56. The fraction of sp³-hybridized carbons (Fsp3) is 0.333. The summed E-state index contributed by atoms with van der Waals surface area (Å²) in [6.45, 7) is 3.36. The Balaban J connectivity index is 2.70. The van der Waals surface area contributed by atoms with Crippen LogP contribution in [-0.4, -0.2) is 11.2 Å². The van der Waals surface area contributed by atoms with Crippen LogP contribution in [0.2, 0.25) is 0 Å². The molecular weight excluding hydrogens is 253 g/mol. The summed E-state index contributed by atoms with van der Waals surface area (Å²) in [6, 6.07) is 5.02. The minimum absolute atomic E-state index is 0.0944. The molecule has 1 unspecified atom stereocenters. The molecule has 0 aliphatic heterocycles. The molecule has 0 aliphatic rings. The van der Waals surface area contributed by atoms with E-state index in [9.17, 15) is 18.3 Å². The fourth-order valence-electron chi connectivity index (χ4n) is 1.36. The molecule has 0 aromatic heterocycles. The van der Waals surface area contributed by atoms with Gasteiger partial charge in [-0.25, -0.2) is 0 Å². The van der Waals surface area contributed by atoms with Gasteiger partial charge in [-0.2, -0.15) is 13.2 Å². The summed E-state index contributed by atoms with van der Waals surface area (Å²) in [7, 11) is 0. The highest BCUT2D eigenvalue weighted by Gasteiger charge is 2.30. The van der Waals surface area contributed by atoms with Crippen molar-refractivity contribution in [3.63, 3.8) is 0 Å². The largest absolute Gasteiger partial charge is 0.416 e. The van der Waals surface area contributed by atoms with Crippen LogP contribution >= 0.6 is 11.6 Å². The van der Waals surface area contributed by atoms with Crippen molar-refractivity contribution in [3.05, 3.63) is 47.0 Å². The highest BCUT2D eigenvalue weighted by Crippen LogP contribution is 2.29. The van der Waals surface area contributed by atoms with E-state index >= 15 is 0 Å². The van der Waals surface area contributed by atoms with Crippen molar-refractivity contribution in [1.29, 1.82) is 0 Å². The molecule has 1 aromatic carbocycles. The van der Waals surface area contributed by atoms with E-state index in [1.54, 1.807) is 6.07 Å². The average molecular weight is 265 g/mol. The summed E-state index contributed by atoms with van der Waals surface area (Å²) < 4.78 is 37.2. The van der Waals surface area contributed by atoms with Gasteiger partial charge in [0.05, 0.1) is 11.7 Å². The van der Waals surface area contributed by atoms with Crippen molar-refractivity contribution in [2.75, 3.05) is 0 Å². The monoisotopic (exact) mass is 264 g/mol. The third-order valence-electron chi connectivity index (χ3n) is 2.32. The molecule has 0 aliphatic carbocycles. The van der Waals surface area contributed by atoms with Gasteiger partial charge < -0.3 is 5.11 Å². The van der Waals surface area contributed by atoms with Crippen LogP contribution in [-0.2, 0) is 12.6 Å². The van der Waals surface area contributed by atoms with Gasteiger partial charge in [0, 0.05) is 5.03 Å². The molecule has 1 nitrogen and oxygen atoms in total. The van der Waals surface area contributed by atoms with E-state index in [4.69, 9.17) is 11.6 Å². The van der Waals surface area contributed by atoms with Crippen molar-refractivity contribution >= 4 is 11.6 Å². The molecule has 17 heavy (non-hydrogen) atoms. The number of aliphatic hydroxyl groups is 1. The maximum absolute atomic E-state index is 12.4. The van der Waals surface area contributed by atoms with Gasteiger partial charge in [-0.3, -0.25) is 0 Å². The maximum Gasteiger partial charge on any atom is 0.416 e. The van der Waals surface area contributed by atoms with Gasteiger partial charge >= 0.3 is 6.18 Å². The molecule has 0 saturated heterocycles. The molecule has 0 radical (unpaired) electrons. The van der Waals surface area contributed by atoms with Gasteiger partial charge in [0.15, 0.2) is 0 Å². The molecule has 5 heteroatoms. The molecule has 0 heterocycles. The van der Waals surface area contributed by atoms with Gasteiger partial charge in [-0.1, -0.05) is 36.4 Å². The Bertz CT molecular complexity index is 401. The van der Waals surface area contributed by atoms with Crippen LogP contribution in [0, 0.1) is 0 Å². The summed E-state index contributed by atoms with van der Waals surface area (Å²) in [6.07, 6.45) is -4.67. The summed E-state index contributed by atoms with van der Waals surface area (Å²) in [5, 5.41) is 9.46. The molecule has 1 atom stereocenters. The quantitative estimate of drug-likeness (QED) is 0.878. The lowest BCUT2D eigenvalue weighted by Crippen LogP contribution is -2.08. The SMILES string of the molecule is C=C(Cl)C(O)CCc1cccc(C(F)(F)F)c1. The number of rotatable bonds is 4. The maximum atomic E-state index is 12.4. The Morgan fingerprint density at radius 2 is 2.06 bits per heavy atom. The molecule has 1 aromatic rings. The minimum atomic E-state index is -4.34. The zero-order valence-electron chi connectivity index (χ0n) is 8.97. The number of halogens is 4. The first-order valence-corrected chi connectivity index (χ1v) is 5.37. The molecule has 0 fully saturated rings. The molecular formula is C12H12ClF3O. The molecule has 0 spiro atoms. The normalized spacial score (nSPS) is 13.5. The molecule has 94 valence electrons. The Kier molecular flexibility index (Phi) is 4.60. The van der Waals surface area contributed by atoms with E-state index in [2.05, 4.69) is 6.58 Å². The average Bonchev–Trinajstić information content (AvgIpc) is 2.25. The van der Waals surface area contributed by atoms with Crippen LogP contribution in [0.25, 0.3) is 0 Å². The molecule has 0 saturated carbocycles. The minimum Gasteiger partial charge on any atom is -0.388 e.